The molecule has 1 saturated carbocycles. The van der Waals surface area contributed by atoms with Crippen LogP contribution in [0.5, 0.6) is 0 Å². The van der Waals surface area contributed by atoms with Gasteiger partial charge in [-0.25, -0.2) is 0 Å². The lowest BCUT2D eigenvalue weighted by atomic mass is 9.64. The molecule has 0 aromatic rings. The molecule has 2 fully saturated rings. The van der Waals surface area contributed by atoms with Crippen molar-refractivity contribution in [3.8, 4) is 0 Å². The van der Waals surface area contributed by atoms with E-state index in [1.807, 2.05) is 7.11 Å². The highest BCUT2D eigenvalue weighted by atomic mass is 16.5. The summed E-state index contributed by atoms with van der Waals surface area (Å²) in [5.74, 6) is 2.81. The van der Waals surface area contributed by atoms with Crippen LogP contribution in [-0.4, -0.2) is 26.8 Å². The Hall–Kier alpha value is -0.0800. The topological polar surface area (TPSA) is 21.3 Å². The first-order valence-corrected chi connectivity index (χ1v) is 5.11. The highest BCUT2D eigenvalue weighted by Gasteiger charge is 2.40. The molecule has 2 aliphatic rings. The van der Waals surface area contributed by atoms with Gasteiger partial charge in [0.25, 0.3) is 0 Å². The molecule has 3 unspecified atom stereocenters. The molecule has 1 aliphatic heterocycles. The van der Waals surface area contributed by atoms with Gasteiger partial charge in [-0.05, 0) is 50.1 Å². The molecule has 0 spiro atoms. The first-order chi connectivity index (χ1) is 5.92. The second kappa shape index (κ2) is 3.75. The molecule has 1 saturated heterocycles. The Morgan fingerprint density at radius 3 is 3.25 bits per heavy atom. The first-order valence-electron chi connectivity index (χ1n) is 5.11. The highest BCUT2D eigenvalue weighted by molar-refractivity contribution is 4.91. The molecule has 70 valence electrons. The SMILES string of the molecule is COCC1CC2CNCCCC21. The first kappa shape index (κ1) is 8.52. The summed E-state index contributed by atoms with van der Waals surface area (Å²) in [6.07, 6.45) is 4.18. The molecule has 0 radical (unpaired) electrons. The predicted octanol–water partition coefficient (Wildman–Crippen LogP) is 1.27. The molecular formula is C10H19NO. The molecule has 2 nitrogen and oxygen atoms in total. The van der Waals surface area contributed by atoms with Gasteiger partial charge < -0.3 is 10.1 Å². The number of hydrogen-bond donors (Lipinski definition) is 1. The van der Waals surface area contributed by atoms with Crippen LogP contribution >= 0.6 is 0 Å². The van der Waals surface area contributed by atoms with Gasteiger partial charge >= 0.3 is 0 Å². The summed E-state index contributed by atoms with van der Waals surface area (Å²) in [4.78, 5) is 0. The maximum Gasteiger partial charge on any atom is 0.0493 e. The number of methoxy groups -OCH3 is 1. The van der Waals surface area contributed by atoms with E-state index in [2.05, 4.69) is 5.32 Å². The molecule has 1 aliphatic carbocycles. The van der Waals surface area contributed by atoms with E-state index in [9.17, 15) is 0 Å². The minimum Gasteiger partial charge on any atom is -0.384 e. The number of nitrogens with one attached hydrogen (secondary N) is 1. The van der Waals surface area contributed by atoms with Gasteiger partial charge in [0.05, 0.1) is 0 Å². The zero-order valence-corrected chi connectivity index (χ0v) is 7.88. The fourth-order valence-corrected chi connectivity index (χ4v) is 2.79. The quantitative estimate of drug-likeness (QED) is 0.672. The van der Waals surface area contributed by atoms with Gasteiger partial charge in [0.1, 0.15) is 0 Å². The van der Waals surface area contributed by atoms with E-state index in [0.717, 1.165) is 24.4 Å². The number of fused-ring (bicyclic) bond motifs is 1. The molecule has 2 heteroatoms. The molecule has 0 bridgehead atoms. The van der Waals surface area contributed by atoms with Gasteiger partial charge in [0, 0.05) is 13.7 Å². The van der Waals surface area contributed by atoms with Crippen LogP contribution < -0.4 is 5.32 Å². The fourth-order valence-electron chi connectivity index (χ4n) is 2.79. The Morgan fingerprint density at radius 2 is 2.42 bits per heavy atom. The van der Waals surface area contributed by atoms with Crippen LogP contribution in [0.15, 0.2) is 0 Å². The molecule has 1 heterocycles. The van der Waals surface area contributed by atoms with E-state index in [1.54, 1.807) is 0 Å². The largest absolute Gasteiger partial charge is 0.384 e. The van der Waals surface area contributed by atoms with Crippen LogP contribution in [0.25, 0.3) is 0 Å². The van der Waals surface area contributed by atoms with Crippen molar-refractivity contribution in [1.29, 1.82) is 0 Å². The van der Waals surface area contributed by atoms with Gasteiger partial charge in [-0.2, -0.15) is 0 Å². The highest BCUT2D eigenvalue weighted by Crippen LogP contribution is 2.43. The van der Waals surface area contributed by atoms with Crippen molar-refractivity contribution < 1.29 is 4.74 Å². The van der Waals surface area contributed by atoms with Crippen LogP contribution in [0.4, 0.5) is 0 Å². The molecule has 2 rings (SSSR count). The summed E-state index contributed by atoms with van der Waals surface area (Å²) in [7, 11) is 1.82. The smallest absolute Gasteiger partial charge is 0.0493 e. The minimum atomic E-state index is 0.875. The Kier molecular flexibility index (Phi) is 2.66. The molecule has 0 aromatic heterocycles. The maximum atomic E-state index is 5.22. The van der Waals surface area contributed by atoms with E-state index in [4.69, 9.17) is 4.74 Å². The van der Waals surface area contributed by atoms with Gasteiger partial charge in [0.15, 0.2) is 0 Å². The third-order valence-corrected chi connectivity index (χ3v) is 3.49. The van der Waals surface area contributed by atoms with Crippen molar-refractivity contribution in [3.63, 3.8) is 0 Å². The standard InChI is InChI=1S/C10H19NO/c1-12-7-9-5-8-6-11-4-2-3-10(8)9/h8-11H,2-7H2,1H3. The molecule has 12 heavy (non-hydrogen) atoms. The number of hydrogen-bond acceptors (Lipinski definition) is 2. The predicted molar refractivity (Wildman–Crippen MR) is 49.1 cm³/mol. The summed E-state index contributed by atoms with van der Waals surface area (Å²) in [5, 5.41) is 3.50. The van der Waals surface area contributed by atoms with Gasteiger partial charge in [-0.3, -0.25) is 0 Å². The van der Waals surface area contributed by atoms with E-state index in [1.165, 1.54) is 32.4 Å². The van der Waals surface area contributed by atoms with Crippen LogP contribution in [0.2, 0.25) is 0 Å². The number of rotatable bonds is 2. The van der Waals surface area contributed by atoms with Crippen molar-refractivity contribution in [2.45, 2.75) is 19.3 Å². The summed E-state index contributed by atoms with van der Waals surface area (Å²) >= 11 is 0. The van der Waals surface area contributed by atoms with E-state index in [-0.39, 0.29) is 0 Å². The normalized spacial score (nSPS) is 41.2. The molecule has 3 atom stereocenters. The van der Waals surface area contributed by atoms with Crippen molar-refractivity contribution in [3.05, 3.63) is 0 Å². The Balaban J connectivity index is 1.84. The number of ether oxygens (including phenoxy) is 1. The Labute approximate surface area is 74.7 Å². The third-order valence-electron chi connectivity index (χ3n) is 3.49. The lowest BCUT2D eigenvalue weighted by molar-refractivity contribution is 0.00664. The zero-order chi connectivity index (χ0) is 8.39. The van der Waals surface area contributed by atoms with Crippen LogP contribution in [0.3, 0.4) is 0 Å². The van der Waals surface area contributed by atoms with Crippen LogP contribution in [0.1, 0.15) is 19.3 Å². The van der Waals surface area contributed by atoms with Crippen LogP contribution in [-0.2, 0) is 4.74 Å². The van der Waals surface area contributed by atoms with E-state index in [0.29, 0.717) is 0 Å². The lowest BCUT2D eigenvalue weighted by Crippen LogP contribution is -2.42. The average molecular weight is 169 g/mol. The van der Waals surface area contributed by atoms with Crippen molar-refractivity contribution in [2.75, 3.05) is 26.8 Å². The second-order valence-corrected chi connectivity index (χ2v) is 4.22. The van der Waals surface area contributed by atoms with Crippen LogP contribution in [0, 0.1) is 17.8 Å². The molecule has 0 amide bonds. The lowest BCUT2D eigenvalue weighted by Gasteiger charge is -2.43. The summed E-state index contributed by atoms with van der Waals surface area (Å²) in [5.41, 5.74) is 0. The van der Waals surface area contributed by atoms with Crippen molar-refractivity contribution in [2.24, 2.45) is 17.8 Å². The second-order valence-electron chi connectivity index (χ2n) is 4.22. The third kappa shape index (κ3) is 1.50. The Morgan fingerprint density at radius 1 is 1.50 bits per heavy atom. The van der Waals surface area contributed by atoms with E-state index >= 15 is 0 Å². The van der Waals surface area contributed by atoms with Gasteiger partial charge in [0.2, 0.25) is 0 Å². The van der Waals surface area contributed by atoms with Crippen molar-refractivity contribution in [1.82, 2.24) is 5.32 Å². The molecular weight excluding hydrogens is 150 g/mol. The van der Waals surface area contributed by atoms with E-state index < -0.39 is 0 Å². The minimum absolute atomic E-state index is 0.875. The zero-order valence-electron chi connectivity index (χ0n) is 7.88. The van der Waals surface area contributed by atoms with Gasteiger partial charge in [-0.1, -0.05) is 0 Å². The summed E-state index contributed by atoms with van der Waals surface area (Å²) in [6, 6.07) is 0. The molecule has 1 N–H and O–H groups in total. The van der Waals surface area contributed by atoms with Gasteiger partial charge in [-0.15, -0.1) is 0 Å². The summed E-state index contributed by atoms with van der Waals surface area (Å²) in [6.45, 7) is 3.47. The maximum absolute atomic E-state index is 5.22. The Bertz CT molecular complexity index is 149. The monoisotopic (exact) mass is 169 g/mol. The summed E-state index contributed by atoms with van der Waals surface area (Å²) < 4.78 is 5.22. The van der Waals surface area contributed by atoms with Crippen molar-refractivity contribution >= 4 is 0 Å². The molecule has 0 aromatic carbocycles. The fraction of sp³-hybridized carbons (Fsp3) is 1.00. The average Bonchev–Trinajstić information content (AvgIpc) is 2.23.